The Morgan fingerprint density at radius 1 is 1.06 bits per heavy atom. The zero-order chi connectivity index (χ0) is 23.6. The van der Waals surface area contributed by atoms with Gasteiger partial charge >= 0.3 is 5.97 Å². The molecule has 9 heteroatoms. The second-order valence-electron chi connectivity index (χ2n) is 8.84. The normalized spacial score (nSPS) is 22.9. The van der Waals surface area contributed by atoms with Crippen LogP contribution in [0.3, 0.4) is 0 Å². The van der Waals surface area contributed by atoms with Gasteiger partial charge in [0.1, 0.15) is 6.04 Å². The highest BCUT2D eigenvalue weighted by molar-refractivity contribution is 7.96. The van der Waals surface area contributed by atoms with Gasteiger partial charge in [-0.3, -0.25) is 10.1 Å². The van der Waals surface area contributed by atoms with E-state index in [1.807, 2.05) is 36.4 Å². The minimum absolute atomic E-state index is 0.148. The highest BCUT2D eigenvalue weighted by atomic mass is 32.2. The summed E-state index contributed by atoms with van der Waals surface area (Å²) in [7, 11) is -6.28. The first kappa shape index (κ1) is 23.9. The molecule has 2 aliphatic rings. The maximum Gasteiger partial charge on any atom is 0.323 e. The van der Waals surface area contributed by atoms with Crippen molar-refractivity contribution in [2.45, 2.75) is 54.3 Å². The van der Waals surface area contributed by atoms with Crippen molar-refractivity contribution in [1.29, 1.82) is 0 Å². The summed E-state index contributed by atoms with van der Waals surface area (Å²) in [5.41, 5.74) is 3.03. The molecule has 0 amide bonds. The van der Waals surface area contributed by atoms with E-state index >= 15 is 0 Å². The summed E-state index contributed by atoms with van der Waals surface area (Å²) in [5, 5.41) is 1.85. The van der Waals surface area contributed by atoms with Gasteiger partial charge in [0.15, 0.2) is 19.7 Å². The van der Waals surface area contributed by atoms with Gasteiger partial charge in [0.2, 0.25) is 0 Å². The van der Waals surface area contributed by atoms with Crippen molar-refractivity contribution >= 4 is 25.6 Å². The zero-order valence-corrected chi connectivity index (χ0v) is 20.2. The summed E-state index contributed by atoms with van der Waals surface area (Å²) in [6, 6.07) is 12.6. The number of sulfone groups is 2. The average Bonchev–Trinajstić information content (AvgIpc) is 3.13. The molecule has 0 spiro atoms. The largest absolute Gasteiger partial charge is 0.468 e. The smallest absolute Gasteiger partial charge is 0.323 e. The topological polar surface area (TPSA) is 107 Å². The van der Waals surface area contributed by atoms with Gasteiger partial charge < -0.3 is 4.74 Å². The molecule has 2 aromatic rings. The van der Waals surface area contributed by atoms with Crippen LogP contribution >= 0.6 is 0 Å². The molecule has 1 N–H and O–H groups in total. The molecule has 178 valence electrons. The lowest BCUT2D eigenvalue weighted by atomic mass is 9.92. The van der Waals surface area contributed by atoms with Gasteiger partial charge in [-0.15, -0.1) is 0 Å². The van der Waals surface area contributed by atoms with Gasteiger partial charge in [-0.05, 0) is 60.9 Å². The van der Waals surface area contributed by atoms with Gasteiger partial charge in [0.05, 0.1) is 28.8 Å². The molecule has 0 saturated carbocycles. The molecule has 7 nitrogen and oxygen atoms in total. The van der Waals surface area contributed by atoms with Crippen molar-refractivity contribution < 1.29 is 26.4 Å². The van der Waals surface area contributed by atoms with Crippen LogP contribution in [0.5, 0.6) is 0 Å². The summed E-state index contributed by atoms with van der Waals surface area (Å²) < 4.78 is 57.1. The number of carbonyl (C=O) groups excluding carboxylic acids is 1. The standard InChI is InChI=1S/C24H29NO6S2/c1-31-24(26)21(13-17-7-3-2-4-8-17)25-22-15-32(27,28)16-23(22)33(29,30)20-12-11-18-9-5-6-10-19(18)14-20/h2-4,7-8,11-12,14,21-23,25H,5-6,9-10,13,15-16H2,1H3/t21-,22-,23-/m0/s1. The molecule has 1 aliphatic carbocycles. The third-order valence-electron chi connectivity index (χ3n) is 6.53. The van der Waals surface area contributed by atoms with Crippen LogP contribution in [0.15, 0.2) is 53.4 Å². The number of methoxy groups -OCH3 is 1. The lowest BCUT2D eigenvalue weighted by molar-refractivity contribution is -0.143. The monoisotopic (exact) mass is 491 g/mol. The fourth-order valence-corrected chi connectivity index (χ4v) is 9.53. The van der Waals surface area contributed by atoms with E-state index in [1.54, 1.807) is 12.1 Å². The number of ether oxygens (including phenoxy) is 1. The summed E-state index contributed by atoms with van der Waals surface area (Å²) >= 11 is 0. The number of aryl methyl sites for hydroxylation is 2. The van der Waals surface area contributed by atoms with Crippen molar-refractivity contribution in [3.63, 3.8) is 0 Å². The zero-order valence-electron chi connectivity index (χ0n) is 18.6. The molecule has 1 saturated heterocycles. The van der Waals surface area contributed by atoms with Gasteiger partial charge in [0, 0.05) is 6.04 Å². The Balaban J connectivity index is 1.63. The van der Waals surface area contributed by atoms with E-state index < -0.39 is 48.7 Å². The fraction of sp³-hybridized carbons (Fsp3) is 0.458. The number of benzene rings is 2. The Morgan fingerprint density at radius 2 is 1.76 bits per heavy atom. The number of esters is 1. The molecule has 4 rings (SSSR count). The molecule has 0 unspecified atom stereocenters. The number of carbonyl (C=O) groups is 1. The number of fused-ring (bicyclic) bond motifs is 1. The SMILES string of the molecule is COC(=O)[C@H](Cc1ccccc1)N[C@H]1CS(=O)(=O)C[C@@H]1S(=O)(=O)c1ccc2c(c1)CCCC2. The quantitative estimate of drug-likeness (QED) is 0.590. The first-order valence-corrected chi connectivity index (χ1v) is 14.5. The summed E-state index contributed by atoms with van der Waals surface area (Å²) in [6.07, 6.45) is 4.11. The first-order valence-electron chi connectivity index (χ1n) is 11.1. The Morgan fingerprint density at radius 3 is 2.45 bits per heavy atom. The van der Waals surface area contributed by atoms with E-state index in [1.165, 1.54) is 7.11 Å². The van der Waals surface area contributed by atoms with E-state index in [0.717, 1.165) is 42.4 Å². The minimum Gasteiger partial charge on any atom is -0.468 e. The number of hydrogen-bond acceptors (Lipinski definition) is 7. The summed E-state index contributed by atoms with van der Waals surface area (Å²) in [4.78, 5) is 12.6. The Bertz CT molecular complexity index is 1220. The summed E-state index contributed by atoms with van der Waals surface area (Å²) in [6.45, 7) is 0. The van der Waals surface area contributed by atoms with E-state index in [9.17, 15) is 21.6 Å². The lowest BCUT2D eigenvalue weighted by Gasteiger charge is -2.25. The van der Waals surface area contributed by atoms with Gasteiger partial charge in [0.25, 0.3) is 0 Å². The third-order valence-corrected chi connectivity index (χ3v) is 10.7. The van der Waals surface area contributed by atoms with Crippen molar-refractivity contribution in [2.75, 3.05) is 18.6 Å². The highest BCUT2D eigenvalue weighted by Crippen LogP contribution is 2.30. The van der Waals surface area contributed by atoms with Crippen LogP contribution < -0.4 is 5.32 Å². The lowest BCUT2D eigenvalue weighted by Crippen LogP contribution is -2.51. The predicted molar refractivity (Wildman–Crippen MR) is 126 cm³/mol. The molecular formula is C24H29NO6S2. The molecule has 33 heavy (non-hydrogen) atoms. The minimum atomic E-state index is -3.94. The van der Waals surface area contributed by atoms with Crippen molar-refractivity contribution in [3.05, 3.63) is 65.2 Å². The Hall–Kier alpha value is -2.23. The first-order chi connectivity index (χ1) is 15.7. The van der Waals surface area contributed by atoms with Crippen LogP contribution in [0, 0.1) is 0 Å². The van der Waals surface area contributed by atoms with E-state index in [0.29, 0.717) is 0 Å². The molecule has 0 bridgehead atoms. The highest BCUT2D eigenvalue weighted by Gasteiger charge is 2.47. The molecule has 0 aromatic heterocycles. The van der Waals surface area contributed by atoms with E-state index in [-0.39, 0.29) is 17.1 Å². The Kier molecular flexibility index (Phi) is 6.93. The average molecular weight is 492 g/mol. The molecule has 1 aliphatic heterocycles. The van der Waals surface area contributed by atoms with Crippen LogP contribution in [0.2, 0.25) is 0 Å². The van der Waals surface area contributed by atoms with Gasteiger partial charge in [-0.2, -0.15) is 0 Å². The van der Waals surface area contributed by atoms with E-state index in [2.05, 4.69) is 5.32 Å². The van der Waals surface area contributed by atoms with Gasteiger partial charge in [-0.25, -0.2) is 16.8 Å². The van der Waals surface area contributed by atoms with Crippen LogP contribution in [0.1, 0.15) is 29.5 Å². The van der Waals surface area contributed by atoms with Crippen LogP contribution in [0.25, 0.3) is 0 Å². The molecule has 3 atom stereocenters. The van der Waals surface area contributed by atoms with Crippen LogP contribution in [-0.4, -0.2) is 58.8 Å². The van der Waals surface area contributed by atoms with E-state index in [4.69, 9.17) is 4.74 Å². The molecule has 2 aromatic carbocycles. The maximum absolute atomic E-state index is 13.6. The predicted octanol–water partition coefficient (Wildman–Crippen LogP) is 1.88. The van der Waals surface area contributed by atoms with Crippen molar-refractivity contribution in [2.24, 2.45) is 0 Å². The third kappa shape index (κ3) is 5.31. The molecule has 1 fully saturated rings. The second kappa shape index (κ2) is 9.56. The number of hydrogen-bond donors (Lipinski definition) is 1. The molecule has 1 heterocycles. The molecular weight excluding hydrogens is 462 g/mol. The van der Waals surface area contributed by atoms with Crippen LogP contribution in [-0.2, 0) is 48.5 Å². The van der Waals surface area contributed by atoms with Gasteiger partial charge in [-0.1, -0.05) is 36.4 Å². The second-order valence-corrected chi connectivity index (χ2v) is 13.2. The maximum atomic E-state index is 13.6. The fourth-order valence-electron chi connectivity index (χ4n) is 4.80. The summed E-state index contributed by atoms with van der Waals surface area (Å²) in [5.74, 6) is -1.37. The van der Waals surface area contributed by atoms with Crippen molar-refractivity contribution in [3.8, 4) is 0 Å². The van der Waals surface area contributed by atoms with Crippen LogP contribution in [0.4, 0.5) is 0 Å². The Labute approximate surface area is 195 Å². The number of rotatable bonds is 7. The molecule has 0 radical (unpaired) electrons. The van der Waals surface area contributed by atoms with Crippen molar-refractivity contribution in [1.82, 2.24) is 5.32 Å². The number of nitrogens with one attached hydrogen (secondary N) is 1.